The first-order valence-corrected chi connectivity index (χ1v) is 8.28. The lowest BCUT2D eigenvalue weighted by Crippen LogP contribution is -2.31. The molecule has 2 N–H and O–H groups in total. The van der Waals surface area contributed by atoms with Crippen molar-refractivity contribution in [1.82, 2.24) is 10.7 Å². The molecule has 8 heteroatoms. The molecule has 0 spiro atoms. The van der Waals surface area contributed by atoms with Crippen molar-refractivity contribution in [2.24, 2.45) is 5.10 Å². The van der Waals surface area contributed by atoms with E-state index in [1.165, 1.54) is 37.6 Å². The highest BCUT2D eigenvalue weighted by Crippen LogP contribution is 2.28. The van der Waals surface area contributed by atoms with Crippen LogP contribution >= 0.6 is 12.2 Å². The van der Waals surface area contributed by atoms with Gasteiger partial charge in [0.25, 0.3) is 0 Å². The number of hydrogen-bond donors (Lipinski definition) is 2. The Morgan fingerprint density at radius 1 is 1.30 bits per heavy atom. The summed E-state index contributed by atoms with van der Waals surface area (Å²) in [6.45, 7) is 4.10. The van der Waals surface area contributed by atoms with Crippen molar-refractivity contribution in [3.05, 3.63) is 72.1 Å². The van der Waals surface area contributed by atoms with Crippen molar-refractivity contribution in [3.8, 4) is 11.5 Å². The number of nitrogens with zero attached hydrogens (tertiary/aromatic N) is 1. The fourth-order valence-corrected chi connectivity index (χ4v) is 2.14. The number of rotatable bonds is 7. The van der Waals surface area contributed by atoms with Gasteiger partial charge in [0.2, 0.25) is 0 Å². The Morgan fingerprint density at radius 2 is 2.07 bits per heavy atom. The molecule has 0 unspecified atom stereocenters. The van der Waals surface area contributed by atoms with Crippen LogP contribution in [0.25, 0.3) is 0 Å². The Kier molecular flexibility index (Phi) is 7.45. The van der Waals surface area contributed by atoms with E-state index in [-0.39, 0.29) is 11.3 Å². The highest BCUT2D eigenvalue weighted by Gasteiger charge is 2.16. The summed E-state index contributed by atoms with van der Waals surface area (Å²) in [6.07, 6.45) is 3.19. The number of carbonyl (C=O) groups is 1. The van der Waals surface area contributed by atoms with Gasteiger partial charge in [0, 0.05) is 6.54 Å². The lowest BCUT2D eigenvalue weighted by Gasteiger charge is -2.10. The predicted molar refractivity (Wildman–Crippen MR) is 106 cm³/mol. The fourth-order valence-electron chi connectivity index (χ4n) is 2.00. The van der Waals surface area contributed by atoms with Gasteiger partial charge in [-0.05, 0) is 48.1 Å². The molecule has 0 amide bonds. The van der Waals surface area contributed by atoms with E-state index in [4.69, 9.17) is 21.7 Å². The second kappa shape index (κ2) is 10.0. The van der Waals surface area contributed by atoms with Gasteiger partial charge in [0.05, 0.1) is 18.9 Å². The molecule has 0 heterocycles. The van der Waals surface area contributed by atoms with E-state index in [1.807, 2.05) is 0 Å². The maximum absolute atomic E-state index is 13.7. The van der Waals surface area contributed by atoms with Crippen molar-refractivity contribution in [1.29, 1.82) is 0 Å². The van der Waals surface area contributed by atoms with Crippen LogP contribution in [0.2, 0.25) is 0 Å². The van der Waals surface area contributed by atoms with Crippen LogP contribution < -0.4 is 20.2 Å². The Bertz CT molecular complexity index is 871. The second-order valence-electron chi connectivity index (χ2n) is 5.15. The third-order valence-corrected chi connectivity index (χ3v) is 3.51. The first-order valence-electron chi connectivity index (χ1n) is 7.87. The predicted octanol–water partition coefficient (Wildman–Crippen LogP) is 3.04. The van der Waals surface area contributed by atoms with Crippen LogP contribution in [0.3, 0.4) is 0 Å². The summed E-state index contributed by atoms with van der Waals surface area (Å²) in [6, 6.07) is 10.4. The SMILES string of the molecule is C=CCNC(=S)N/N=C\c1ccc(OC(=O)c2ccccc2F)c(OC)c1. The Labute approximate surface area is 161 Å². The highest BCUT2D eigenvalue weighted by molar-refractivity contribution is 7.80. The van der Waals surface area contributed by atoms with Gasteiger partial charge >= 0.3 is 5.97 Å². The first kappa shape index (κ1) is 20.1. The van der Waals surface area contributed by atoms with Crippen molar-refractivity contribution in [3.63, 3.8) is 0 Å². The summed E-state index contributed by atoms with van der Waals surface area (Å²) in [4.78, 5) is 12.1. The molecule has 0 saturated carbocycles. The number of nitrogens with one attached hydrogen (secondary N) is 2. The fraction of sp³-hybridized carbons (Fsp3) is 0.105. The minimum atomic E-state index is -0.812. The Morgan fingerprint density at radius 3 is 2.78 bits per heavy atom. The van der Waals surface area contributed by atoms with Gasteiger partial charge < -0.3 is 14.8 Å². The molecule has 0 aromatic heterocycles. The summed E-state index contributed by atoms with van der Waals surface area (Å²) in [5, 5.41) is 7.22. The van der Waals surface area contributed by atoms with Gasteiger partial charge in [-0.25, -0.2) is 9.18 Å². The molecule has 0 bridgehead atoms. The molecule has 0 fully saturated rings. The zero-order valence-corrected chi connectivity index (χ0v) is 15.4. The van der Waals surface area contributed by atoms with Crippen molar-refractivity contribution < 1.29 is 18.7 Å². The second-order valence-corrected chi connectivity index (χ2v) is 5.56. The number of esters is 1. The summed E-state index contributed by atoms with van der Waals surface area (Å²) >= 11 is 5.01. The van der Waals surface area contributed by atoms with Crippen molar-refractivity contribution >= 4 is 29.5 Å². The zero-order chi connectivity index (χ0) is 19.6. The van der Waals surface area contributed by atoms with E-state index in [1.54, 1.807) is 24.3 Å². The number of hydrogen-bond acceptors (Lipinski definition) is 5. The molecule has 6 nitrogen and oxygen atoms in total. The molecule has 0 aliphatic heterocycles. The molecule has 0 atom stereocenters. The summed E-state index contributed by atoms with van der Waals surface area (Å²) in [5.74, 6) is -1.000. The van der Waals surface area contributed by atoms with Gasteiger partial charge in [-0.2, -0.15) is 5.10 Å². The third-order valence-electron chi connectivity index (χ3n) is 3.27. The minimum Gasteiger partial charge on any atom is -0.493 e. The molecule has 2 aromatic rings. The first-order chi connectivity index (χ1) is 13.0. The summed E-state index contributed by atoms with van der Waals surface area (Å²) < 4.78 is 24.2. The number of benzene rings is 2. The van der Waals surface area contributed by atoms with E-state index < -0.39 is 11.8 Å². The Hall–Kier alpha value is -3.26. The van der Waals surface area contributed by atoms with Crippen molar-refractivity contribution in [2.75, 3.05) is 13.7 Å². The van der Waals surface area contributed by atoms with E-state index in [0.29, 0.717) is 23.0 Å². The number of methoxy groups -OCH3 is 1. The van der Waals surface area contributed by atoms with Crippen molar-refractivity contribution in [2.45, 2.75) is 0 Å². The quantitative estimate of drug-likeness (QED) is 0.190. The lowest BCUT2D eigenvalue weighted by molar-refractivity contribution is 0.0725. The smallest absolute Gasteiger partial charge is 0.346 e. The van der Waals surface area contributed by atoms with Crippen LogP contribution in [0.5, 0.6) is 11.5 Å². The van der Waals surface area contributed by atoms with E-state index in [9.17, 15) is 9.18 Å². The zero-order valence-electron chi connectivity index (χ0n) is 14.6. The van der Waals surface area contributed by atoms with Crippen LogP contribution in [-0.2, 0) is 0 Å². The molecular weight excluding hydrogens is 369 g/mol. The standard InChI is InChI=1S/C19H18FN3O3S/c1-3-10-21-19(27)23-22-12-13-8-9-16(17(11-13)25-2)26-18(24)14-6-4-5-7-15(14)20/h3-9,11-12H,1,10H2,2H3,(H2,21,23,27)/b22-12-. The molecule has 0 saturated heterocycles. The molecule has 0 aliphatic carbocycles. The van der Waals surface area contributed by atoms with E-state index >= 15 is 0 Å². The maximum Gasteiger partial charge on any atom is 0.346 e. The Balaban J connectivity index is 2.07. The van der Waals surface area contributed by atoms with Crippen LogP contribution in [0.1, 0.15) is 15.9 Å². The van der Waals surface area contributed by atoms with Crippen LogP contribution in [0, 0.1) is 5.82 Å². The number of thiocarbonyl (C=S) groups is 1. The topological polar surface area (TPSA) is 72.0 Å². The van der Waals surface area contributed by atoms with Crippen LogP contribution in [0.15, 0.2) is 60.2 Å². The minimum absolute atomic E-state index is 0.157. The van der Waals surface area contributed by atoms with Crippen LogP contribution in [-0.4, -0.2) is 31.0 Å². The maximum atomic E-state index is 13.7. The molecule has 2 aromatic carbocycles. The van der Waals surface area contributed by atoms with Gasteiger partial charge in [0.1, 0.15) is 5.82 Å². The summed E-state index contributed by atoms with van der Waals surface area (Å²) in [7, 11) is 1.43. The molecule has 0 radical (unpaired) electrons. The molecule has 140 valence electrons. The number of hydrazone groups is 1. The average Bonchev–Trinajstić information content (AvgIpc) is 2.67. The third kappa shape index (κ3) is 5.89. The number of carbonyl (C=O) groups excluding carboxylic acids is 1. The average molecular weight is 387 g/mol. The highest BCUT2D eigenvalue weighted by atomic mass is 32.1. The molecule has 0 aliphatic rings. The van der Waals surface area contributed by atoms with Gasteiger partial charge in [-0.1, -0.05) is 18.2 Å². The normalized spacial score (nSPS) is 10.3. The van der Waals surface area contributed by atoms with Gasteiger partial charge in [0.15, 0.2) is 16.6 Å². The molecular formula is C19H18FN3O3S. The van der Waals surface area contributed by atoms with E-state index in [0.717, 1.165) is 0 Å². The summed E-state index contributed by atoms with van der Waals surface area (Å²) in [5.41, 5.74) is 3.17. The lowest BCUT2D eigenvalue weighted by atomic mass is 10.2. The number of halogens is 1. The largest absolute Gasteiger partial charge is 0.493 e. The van der Waals surface area contributed by atoms with Crippen LogP contribution in [0.4, 0.5) is 4.39 Å². The molecule has 27 heavy (non-hydrogen) atoms. The van der Waals surface area contributed by atoms with E-state index in [2.05, 4.69) is 22.4 Å². The molecule has 2 rings (SSSR count). The monoisotopic (exact) mass is 387 g/mol. The van der Waals surface area contributed by atoms with Gasteiger partial charge in [-0.3, -0.25) is 5.43 Å². The number of ether oxygens (including phenoxy) is 2. The van der Waals surface area contributed by atoms with Gasteiger partial charge in [-0.15, -0.1) is 6.58 Å².